The molecule has 0 radical (unpaired) electrons. The van der Waals surface area contributed by atoms with Crippen molar-refractivity contribution >= 4 is 11.5 Å². The molecule has 0 saturated heterocycles. The number of carbonyl (C=O) groups is 1. The minimum absolute atomic E-state index is 0.353. The Morgan fingerprint density at radius 2 is 1.95 bits per heavy atom. The van der Waals surface area contributed by atoms with E-state index in [1.165, 1.54) is 13.2 Å². The highest BCUT2D eigenvalue weighted by Crippen LogP contribution is 2.32. The summed E-state index contributed by atoms with van der Waals surface area (Å²) in [6, 6.07) is 5.57. The molecule has 0 heterocycles. The van der Waals surface area contributed by atoms with Crippen molar-refractivity contribution in [2.75, 3.05) is 21.3 Å². The van der Waals surface area contributed by atoms with Crippen LogP contribution in [0.3, 0.4) is 0 Å². The topological polar surface area (TPSA) is 44.8 Å². The molecular weight excluding hydrogens is 256 g/mol. The van der Waals surface area contributed by atoms with Gasteiger partial charge in [0.25, 0.3) is 0 Å². The van der Waals surface area contributed by atoms with Crippen LogP contribution in [0.4, 0.5) is 0 Å². The fourth-order valence-electron chi connectivity index (χ4n) is 1.92. The predicted molar refractivity (Wildman–Crippen MR) is 79.1 cm³/mol. The van der Waals surface area contributed by atoms with Gasteiger partial charge in [0.05, 0.1) is 21.3 Å². The second-order valence-electron chi connectivity index (χ2n) is 4.36. The van der Waals surface area contributed by atoms with Crippen LogP contribution in [0, 0.1) is 0 Å². The number of rotatable bonds is 7. The molecule has 20 heavy (non-hydrogen) atoms. The largest absolute Gasteiger partial charge is 0.497 e. The number of ether oxygens (including phenoxy) is 3. The molecule has 0 aliphatic heterocycles. The Kier molecular flexibility index (Phi) is 6.64. The maximum atomic E-state index is 11.5. The first kappa shape index (κ1) is 16.1. The van der Waals surface area contributed by atoms with Crippen molar-refractivity contribution in [3.05, 3.63) is 29.8 Å². The van der Waals surface area contributed by atoms with E-state index in [-0.39, 0.29) is 5.97 Å². The number of hydrogen-bond acceptors (Lipinski definition) is 4. The van der Waals surface area contributed by atoms with E-state index in [0.29, 0.717) is 5.75 Å². The van der Waals surface area contributed by atoms with Gasteiger partial charge in [0.15, 0.2) is 0 Å². The van der Waals surface area contributed by atoms with Crippen LogP contribution < -0.4 is 9.47 Å². The van der Waals surface area contributed by atoms with Gasteiger partial charge in [0, 0.05) is 17.7 Å². The zero-order valence-corrected chi connectivity index (χ0v) is 12.6. The van der Waals surface area contributed by atoms with Gasteiger partial charge in [0.1, 0.15) is 11.5 Å². The molecule has 0 aliphatic rings. The number of benzene rings is 1. The Morgan fingerprint density at radius 3 is 2.50 bits per heavy atom. The molecule has 110 valence electrons. The second-order valence-corrected chi connectivity index (χ2v) is 4.36. The molecule has 1 rings (SSSR count). The first-order valence-electron chi connectivity index (χ1n) is 6.67. The van der Waals surface area contributed by atoms with Crippen LogP contribution in [0.5, 0.6) is 11.5 Å². The van der Waals surface area contributed by atoms with Crippen LogP contribution in [0.15, 0.2) is 24.3 Å². The van der Waals surface area contributed by atoms with Crippen LogP contribution in [0.2, 0.25) is 0 Å². The Bertz CT molecular complexity index is 477. The van der Waals surface area contributed by atoms with Crippen molar-refractivity contribution < 1.29 is 19.0 Å². The molecular formula is C16H22O4. The molecule has 4 nitrogen and oxygen atoms in total. The van der Waals surface area contributed by atoms with Crippen LogP contribution in [-0.4, -0.2) is 27.3 Å². The second kappa shape index (κ2) is 8.25. The number of carbonyl (C=O) groups excluding carboxylic acids is 1. The van der Waals surface area contributed by atoms with Gasteiger partial charge in [0.2, 0.25) is 0 Å². The molecule has 0 amide bonds. The fraction of sp³-hybridized carbons (Fsp3) is 0.438. The third kappa shape index (κ3) is 4.30. The fourth-order valence-corrected chi connectivity index (χ4v) is 1.92. The molecule has 0 bridgehead atoms. The highest BCUT2D eigenvalue weighted by Gasteiger charge is 2.11. The molecule has 4 heteroatoms. The third-order valence-electron chi connectivity index (χ3n) is 3.05. The Labute approximate surface area is 120 Å². The van der Waals surface area contributed by atoms with Crippen LogP contribution >= 0.6 is 0 Å². The van der Waals surface area contributed by atoms with Gasteiger partial charge >= 0.3 is 5.97 Å². The molecule has 0 fully saturated rings. The van der Waals surface area contributed by atoms with Gasteiger partial charge in [-0.3, -0.25) is 0 Å². The third-order valence-corrected chi connectivity index (χ3v) is 3.05. The summed E-state index contributed by atoms with van der Waals surface area (Å²) in [6.45, 7) is 2.11. The summed E-state index contributed by atoms with van der Waals surface area (Å²) in [7, 11) is 4.59. The first-order chi connectivity index (χ1) is 9.65. The van der Waals surface area contributed by atoms with Crippen molar-refractivity contribution in [3.63, 3.8) is 0 Å². The Morgan fingerprint density at radius 1 is 1.20 bits per heavy atom. The van der Waals surface area contributed by atoms with E-state index in [2.05, 4.69) is 6.92 Å². The lowest BCUT2D eigenvalue weighted by molar-refractivity contribution is -0.134. The van der Waals surface area contributed by atoms with Crippen LogP contribution in [0.1, 0.15) is 31.7 Å². The van der Waals surface area contributed by atoms with Gasteiger partial charge in [-0.15, -0.1) is 0 Å². The molecule has 1 aromatic rings. The number of esters is 1. The van der Waals surface area contributed by atoms with Crippen molar-refractivity contribution in [2.45, 2.75) is 26.2 Å². The SMILES string of the molecule is CCCC/C(=C/C(=O)OC)c1ccc(OC)cc1OC. The van der Waals surface area contributed by atoms with E-state index in [1.807, 2.05) is 18.2 Å². The maximum Gasteiger partial charge on any atom is 0.330 e. The van der Waals surface area contributed by atoms with E-state index in [0.717, 1.165) is 36.1 Å². The summed E-state index contributed by atoms with van der Waals surface area (Å²) in [4.78, 5) is 11.5. The molecule has 1 aromatic carbocycles. The smallest absolute Gasteiger partial charge is 0.330 e. The van der Waals surface area contributed by atoms with E-state index in [4.69, 9.17) is 14.2 Å². The van der Waals surface area contributed by atoms with E-state index < -0.39 is 0 Å². The van der Waals surface area contributed by atoms with E-state index in [1.54, 1.807) is 14.2 Å². The highest BCUT2D eigenvalue weighted by molar-refractivity contribution is 5.92. The molecule has 0 atom stereocenters. The number of methoxy groups -OCH3 is 3. The van der Waals surface area contributed by atoms with E-state index in [9.17, 15) is 4.79 Å². The number of hydrogen-bond donors (Lipinski definition) is 0. The zero-order valence-electron chi connectivity index (χ0n) is 12.6. The average Bonchev–Trinajstić information content (AvgIpc) is 2.50. The summed E-state index contributed by atoms with van der Waals surface area (Å²) >= 11 is 0. The molecule has 0 N–H and O–H groups in total. The summed E-state index contributed by atoms with van der Waals surface area (Å²) < 4.78 is 15.3. The van der Waals surface area contributed by atoms with Crippen LogP contribution in [0.25, 0.3) is 5.57 Å². The lowest BCUT2D eigenvalue weighted by atomic mass is 9.98. The van der Waals surface area contributed by atoms with Crippen molar-refractivity contribution in [3.8, 4) is 11.5 Å². The molecule has 0 unspecified atom stereocenters. The van der Waals surface area contributed by atoms with Gasteiger partial charge in [-0.05, 0) is 30.5 Å². The zero-order chi connectivity index (χ0) is 15.0. The molecule has 0 aliphatic carbocycles. The monoisotopic (exact) mass is 278 g/mol. The van der Waals surface area contributed by atoms with Gasteiger partial charge in [-0.1, -0.05) is 13.3 Å². The van der Waals surface area contributed by atoms with Crippen molar-refractivity contribution in [1.29, 1.82) is 0 Å². The van der Waals surface area contributed by atoms with Crippen LogP contribution in [-0.2, 0) is 9.53 Å². The molecule has 0 saturated carbocycles. The Hall–Kier alpha value is -1.97. The number of unbranched alkanes of at least 4 members (excludes halogenated alkanes) is 1. The highest BCUT2D eigenvalue weighted by atomic mass is 16.5. The van der Waals surface area contributed by atoms with E-state index >= 15 is 0 Å². The number of allylic oxidation sites excluding steroid dienone is 1. The normalized spacial score (nSPS) is 11.1. The summed E-state index contributed by atoms with van der Waals surface area (Å²) in [5.41, 5.74) is 1.81. The summed E-state index contributed by atoms with van der Waals surface area (Å²) in [5.74, 6) is 1.06. The Balaban J connectivity index is 3.18. The van der Waals surface area contributed by atoms with Crippen molar-refractivity contribution in [2.24, 2.45) is 0 Å². The lowest BCUT2D eigenvalue weighted by Gasteiger charge is -2.13. The lowest BCUT2D eigenvalue weighted by Crippen LogP contribution is -1.99. The van der Waals surface area contributed by atoms with Crippen molar-refractivity contribution in [1.82, 2.24) is 0 Å². The van der Waals surface area contributed by atoms with Gasteiger partial charge in [-0.2, -0.15) is 0 Å². The predicted octanol–water partition coefficient (Wildman–Crippen LogP) is 3.45. The first-order valence-corrected chi connectivity index (χ1v) is 6.67. The standard InChI is InChI=1S/C16H22O4/c1-5-6-7-12(10-16(17)20-4)14-9-8-13(18-2)11-15(14)19-3/h8-11H,5-7H2,1-4H3/b12-10-. The van der Waals surface area contributed by atoms with Gasteiger partial charge in [-0.25, -0.2) is 4.79 Å². The molecule has 0 spiro atoms. The molecule has 0 aromatic heterocycles. The summed E-state index contributed by atoms with van der Waals surface area (Å²) in [5, 5.41) is 0. The maximum absolute atomic E-state index is 11.5. The average molecular weight is 278 g/mol. The minimum atomic E-state index is -0.353. The van der Waals surface area contributed by atoms with Gasteiger partial charge < -0.3 is 14.2 Å². The quantitative estimate of drug-likeness (QED) is 0.566. The minimum Gasteiger partial charge on any atom is -0.497 e. The summed E-state index contributed by atoms with van der Waals surface area (Å²) in [6.07, 6.45) is 4.38.